The van der Waals surface area contributed by atoms with E-state index < -0.39 is 11.3 Å². The fraction of sp³-hybridized carbons (Fsp3) is 0.923. The number of hydrogen-bond acceptors (Lipinski definition) is 3. The summed E-state index contributed by atoms with van der Waals surface area (Å²) in [6.45, 7) is 14.0. The van der Waals surface area contributed by atoms with Crippen LogP contribution in [0.2, 0.25) is 12.6 Å². The lowest BCUT2D eigenvalue weighted by Crippen LogP contribution is -2.62. The fourth-order valence-electron chi connectivity index (χ4n) is 2.64. The van der Waals surface area contributed by atoms with E-state index in [1.54, 1.807) is 6.92 Å². The van der Waals surface area contributed by atoms with Gasteiger partial charge in [-0.2, -0.15) is 0 Å². The molecule has 0 aliphatic carbocycles. The van der Waals surface area contributed by atoms with E-state index in [0.29, 0.717) is 6.04 Å². The second-order valence-electron chi connectivity index (χ2n) is 5.71. The van der Waals surface area contributed by atoms with E-state index in [9.17, 15) is 4.79 Å². The van der Waals surface area contributed by atoms with Crippen LogP contribution < -0.4 is 0 Å². The van der Waals surface area contributed by atoms with Gasteiger partial charge in [0, 0.05) is 37.7 Å². The summed E-state index contributed by atoms with van der Waals surface area (Å²) < 4.78 is 0. The molecule has 2 atom stereocenters. The lowest BCUT2D eigenvalue weighted by atomic mass is 9.54. The smallest absolute Gasteiger partial charge is 0.143 e. The summed E-state index contributed by atoms with van der Waals surface area (Å²) in [5, 5.41) is 0. The van der Waals surface area contributed by atoms with E-state index in [4.69, 9.17) is 7.85 Å². The first-order valence-electron chi connectivity index (χ1n) is 6.92. The van der Waals surface area contributed by atoms with Gasteiger partial charge in [-0.3, -0.25) is 14.6 Å². The molecular formula is C13H25B2N2O. The van der Waals surface area contributed by atoms with E-state index in [1.165, 1.54) is 0 Å². The van der Waals surface area contributed by atoms with Gasteiger partial charge in [0.1, 0.15) is 13.1 Å². The van der Waals surface area contributed by atoms with Crippen molar-refractivity contribution in [1.82, 2.24) is 9.80 Å². The predicted molar refractivity (Wildman–Crippen MR) is 78.5 cm³/mol. The largest absolute Gasteiger partial charge is 0.299 e. The van der Waals surface area contributed by atoms with Gasteiger partial charge in [0.2, 0.25) is 0 Å². The van der Waals surface area contributed by atoms with Gasteiger partial charge in [-0.1, -0.05) is 13.7 Å². The first kappa shape index (κ1) is 15.8. The summed E-state index contributed by atoms with van der Waals surface area (Å²) in [4.78, 5) is 17.0. The quantitative estimate of drug-likeness (QED) is 0.678. The molecule has 99 valence electrons. The molecule has 1 rings (SSSR count). The Morgan fingerprint density at radius 3 is 2.06 bits per heavy atom. The number of rotatable bonds is 5. The van der Waals surface area contributed by atoms with Gasteiger partial charge in [-0.15, -0.1) is 0 Å². The van der Waals surface area contributed by atoms with Crippen molar-refractivity contribution in [3.63, 3.8) is 0 Å². The number of carbonyl (C=O) groups is 1. The average molecular weight is 247 g/mol. The Kier molecular flexibility index (Phi) is 5.47. The minimum Gasteiger partial charge on any atom is -0.299 e. The molecule has 3 nitrogen and oxygen atoms in total. The molecule has 1 saturated heterocycles. The highest BCUT2D eigenvalue weighted by atomic mass is 16.1. The molecule has 2 unspecified atom stereocenters. The minimum absolute atomic E-state index is 0.114. The van der Waals surface area contributed by atoms with E-state index in [-0.39, 0.29) is 5.78 Å². The van der Waals surface area contributed by atoms with Crippen molar-refractivity contribution in [3.8, 4) is 0 Å². The molecule has 0 aromatic heterocycles. The Morgan fingerprint density at radius 1 is 1.22 bits per heavy atom. The third-order valence-electron chi connectivity index (χ3n) is 4.18. The Balaban J connectivity index is 2.71. The Hall–Kier alpha value is -0.280. The van der Waals surface area contributed by atoms with Gasteiger partial charge >= 0.3 is 0 Å². The van der Waals surface area contributed by atoms with Gasteiger partial charge < -0.3 is 0 Å². The van der Waals surface area contributed by atoms with Crippen LogP contribution in [0.4, 0.5) is 0 Å². The molecular weight excluding hydrogens is 222 g/mol. The molecule has 0 bridgehead atoms. The second kappa shape index (κ2) is 6.25. The zero-order chi connectivity index (χ0) is 13.9. The van der Waals surface area contributed by atoms with E-state index in [0.717, 1.165) is 26.2 Å². The zero-order valence-electron chi connectivity index (χ0n) is 12.4. The van der Waals surface area contributed by atoms with Crippen LogP contribution in [0.25, 0.3) is 0 Å². The lowest BCUT2D eigenvalue weighted by molar-refractivity contribution is -0.126. The van der Waals surface area contributed by atoms with E-state index in [1.807, 2.05) is 21.0 Å². The Morgan fingerprint density at radius 2 is 1.72 bits per heavy atom. The summed E-state index contributed by atoms with van der Waals surface area (Å²) in [6.07, 6.45) is 0. The van der Waals surface area contributed by atoms with Crippen LogP contribution in [0, 0.1) is 0 Å². The molecule has 0 aromatic rings. The number of carbonyl (C=O) groups excluding carboxylic acids is 1. The first-order chi connectivity index (χ1) is 8.32. The van der Waals surface area contributed by atoms with Gasteiger partial charge in [0.25, 0.3) is 0 Å². The molecule has 1 fully saturated rings. The fourth-order valence-corrected chi connectivity index (χ4v) is 2.64. The number of ketones is 1. The van der Waals surface area contributed by atoms with Crippen molar-refractivity contribution in [2.45, 2.75) is 51.8 Å². The molecule has 1 heterocycles. The van der Waals surface area contributed by atoms with E-state index >= 15 is 0 Å². The van der Waals surface area contributed by atoms with Gasteiger partial charge in [0.15, 0.2) is 0 Å². The summed E-state index contributed by atoms with van der Waals surface area (Å²) in [5.74, 6) is -0.294. The van der Waals surface area contributed by atoms with Crippen LogP contribution in [-0.2, 0) is 4.79 Å². The summed E-state index contributed by atoms with van der Waals surface area (Å²) in [6, 6.07) is 0.577. The van der Waals surface area contributed by atoms with Crippen molar-refractivity contribution < 1.29 is 4.79 Å². The van der Waals surface area contributed by atoms with Crippen LogP contribution in [-0.4, -0.2) is 68.4 Å². The van der Waals surface area contributed by atoms with Crippen molar-refractivity contribution in [1.29, 1.82) is 0 Å². The molecule has 5 heteroatoms. The van der Waals surface area contributed by atoms with E-state index in [2.05, 4.69) is 23.6 Å². The molecule has 0 aromatic carbocycles. The van der Waals surface area contributed by atoms with Crippen molar-refractivity contribution in [2.75, 3.05) is 26.2 Å². The maximum Gasteiger partial charge on any atom is 0.143 e. The highest BCUT2D eigenvalue weighted by Crippen LogP contribution is 2.23. The molecule has 0 amide bonds. The van der Waals surface area contributed by atoms with Crippen LogP contribution in [0.15, 0.2) is 0 Å². The van der Waals surface area contributed by atoms with Gasteiger partial charge in [0.05, 0.1) is 7.85 Å². The number of nitrogens with zero attached hydrogens (tertiary/aromatic N) is 2. The molecule has 1 aliphatic rings. The highest BCUT2D eigenvalue weighted by molar-refractivity contribution is 6.48. The standard InChI is InChI=1S/C13H25B2N2O/c1-10(2)16-6-8-17(9-7-16)13(4,15-5)12(18)11(3)14/h10-11H,6-9H2,1-5H3. The SMILES string of the molecule is [B]C(C)C(=O)C(C)([B]C)N1CCN(C(C)C)CC1. The summed E-state index contributed by atoms with van der Waals surface area (Å²) >= 11 is 0. The molecule has 0 saturated carbocycles. The summed E-state index contributed by atoms with van der Waals surface area (Å²) in [7, 11) is 7.76. The van der Waals surface area contributed by atoms with Crippen molar-refractivity contribution in [2.24, 2.45) is 0 Å². The molecule has 0 spiro atoms. The predicted octanol–water partition coefficient (Wildman–Crippen LogP) is 1.03. The van der Waals surface area contributed by atoms with Crippen LogP contribution in [0.1, 0.15) is 27.7 Å². The summed E-state index contributed by atoms with van der Waals surface area (Å²) in [5.41, 5.74) is -0.517. The molecule has 18 heavy (non-hydrogen) atoms. The van der Waals surface area contributed by atoms with Crippen LogP contribution in [0.5, 0.6) is 0 Å². The zero-order valence-corrected chi connectivity index (χ0v) is 12.4. The highest BCUT2D eigenvalue weighted by Gasteiger charge is 2.39. The maximum absolute atomic E-state index is 12.3. The molecule has 0 N–H and O–H groups in total. The maximum atomic E-state index is 12.3. The normalized spacial score (nSPS) is 23.7. The van der Waals surface area contributed by atoms with Crippen molar-refractivity contribution in [3.05, 3.63) is 0 Å². The van der Waals surface area contributed by atoms with Crippen molar-refractivity contribution >= 4 is 20.9 Å². The lowest BCUT2D eigenvalue weighted by Gasteiger charge is -2.46. The van der Waals surface area contributed by atoms with Crippen LogP contribution >= 0.6 is 0 Å². The monoisotopic (exact) mass is 247 g/mol. The third-order valence-corrected chi connectivity index (χ3v) is 4.18. The number of Topliss-reactive ketones (excluding diaryl/α,β-unsaturated/α-hetero) is 1. The Bertz CT molecular complexity index is 289. The average Bonchev–Trinajstić information content (AvgIpc) is 2.36. The minimum atomic E-state index is -0.517. The topological polar surface area (TPSA) is 23.6 Å². The number of hydrogen-bond donors (Lipinski definition) is 0. The molecule has 3 radical (unpaired) electrons. The number of piperazine rings is 1. The van der Waals surface area contributed by atoms with Gasteiger partial charge in [-0.25, -0.2) is 0 Å². The first-order valence-corrected chi connectivity index (χ1v) is 6.92. The third kappa shape index (κ3) is 3.18. The molecule has 1 aliphatic heterocycles. The van der Waals surface area contributed by atoms with Crippen LogP contribution in [0.3, 0.4) is 0 Å². The van der Waals surface area contributed by atoms with Gasteiger partial charge in [-0.05, 0) is 26.6 Å². The Labute approximate surface area is 114 Å². The second-order valence-corrected chi connectivity index (χ2v) is 5.71.